The molecule has 1 saturated heterocycles. The lowest BCUT2D eigenvalue weighted by Gasteiger charge is -2.22. The Morgan fingerprint density at radius 1 is 1.27 bits per heavy atom. The number of allylic oxidation sites excluding steroid dienone is 2. The van der Waals surface area contributed by atoms with Gasteiger partial charge in [-0.1, -0.05) is 30.3 Å². The van der Waals surface area contributed by atoms with Crippen molar-refractivity contribution in [2.24, 2.45) is 4.99 Å². The number of hydrogen-bond acceptors (Lipinski definition) is 4. The van der Waals surface area contributed by atoms with Gasteiger partial charge in [0, 0.05) is 25.7 Å². The fourth-order valence-electron chi connectivity index (χ4n) is 3.07. The molecule has 0 amide bonds. The molecule has 0 bridgehead atoms. The second-order valence-corrected chi connectivity index (χ2v) is 5.93. The summed E-state index contributed by atoms with van der Waals surface area (Å²) >= 11 is 0. The average Bonchev–Trinajstić information content (AvgIpc) is 3.04. The molecule has 116 valence electrons. The van der Waals surface area contributed by atoms with Gasteiger partial charge in [-0.05, 0) is 24.3 Å². The lowest BCUT2D eigenvalue weighted by Crippen LogP contribution is -2.19. The van der Waals surface area contributed by atoms with E-state index in [1.165, 1.54) is 6.21 Å². The van der Waals surface area contributed by atoms with E-state index in [1.807, 2.05) is 30.3 Å². The normalized spacial score (nSPS) is 26.1. The molecule has 2 aliphatic rings. The third kappa shape index (κ3) is 3.45. The summed E-state index contributed by atoms with van der Waals surface area (Å²) in [5.74, 6) is 0.180. The zero-order valence-electron chi connectivity index (χ0n) is 12.6. The Balaban J connectivity index is 1.67. The van der Waals surface area contributed by atoms with Crippen LogP contribution in [0.5, 0.6) is 0 Å². The third-order valence-electron chi connectivity index (χ3n) is 4.31. The van der Waals surface area contributed by atoms with Crippen molar-refractivity contribution in [1.29, 1.82) is 0 Å². The minimum absolute atomic E-state index is 0.0336. The van der Waals surface area contributed by atoms with E-state index < -0.39 is 0 Å². The van der Waals surface area contributed by atoms with Crippen LogP contribution in [0.1, 0.15) is 37.2 Å². The third-order valence-corrected chi connectivity index (χ3v) is 4.31. The number of hydrogen-bond donors (Lipinski definition) is 1. The lowest BCUT2D eigenvalue weighted by atomic mass is 9.83. The molecule has 2 atom stereocenters. The number of Topliss-reactive ketones (excluding diaryl/α,β-unsaturated/α-hetero) is 1. The topological polar surface area (TPSA) is 58.9 Å². The fraction of sp³-hybridized carbons (Fsp3) is 0.444. The maximum Gasteiger partial charge on any atom is 0.168 e. The van der Waals surface area contributed by atoms with Gasteiger partial charge >= 0.3 is 0 Å². The van der Waals surface area contributed by atoms with Crippen LogP contribution in [-0.2, 0) is 9.53 Å². The molecule has 1 aliphatic heterocycles. The van der Waals surface area contributed by atoms with E-state index in [9.17, 15) is 9.90 Å². The highest BCUT2D eigenvalue weighted by atomic mass is 16.5. The SMILES string of the molecule is O=C1CC(c2ccccc2)CC(O)=C1C=NC[C@H]1CCCO1. The molecule has 1 unspecified atom stereocenters. The van der Waals surface area contributed by atoms with Gasteiger partial charge in [0.25, 0.3) is 0 Å². The summed E-state index contributed by atoms with van der Waals surface area (Å²) in [5, 5.41) is 10.2. The van der Waals surface area contributed by atoms with Gasteiger partial charge in [0.2, 0.25) is 0 Å². The zero-order chi connectivity index (χ0) is 15.4. The summed E-state index contributed by atoms with van der Waals surface area (Å²) in [5.41, 5.74) is 1.46. The summed E-state index contributed by atoms with van der Waals surface area (Å²) in [7, 11) is 0. The van der Waals surface area contributed by atoms with E-state index in [1.54, 1.807) is 0 Å². The fourth-order valence-corrected chi connectivity index (χ4v) is 3.07. The lowest BCUT2D eigenvalue weighted by molar-refractivity contribution is -0.116. The van der Waals surface area contributed by atoms with Crippen LogP contribution in [0.4, 0.5) is 0 Å². The van der Waals surface area contributed by atoms with Crippen LogP contribution < -0.4 is 0 Å². The van der Waals surface area contributed by atoms with Gasteiger partial charge in [-0.25, -0.2) is 0 Å². The predicted octanol–water partition coefficient (Wildman–Crippen LogP) is 3.20. The summed E-state index contributed by atoms with van der Waals surface area (Å²) in [6.45, 7) is 1.36. The second kappa shape index (κ2) is 6.88. The molecule has 4 nitrogen and oxygen atoms in total. The molecule has 1 aliphatic carbocycles. The second-order valence-electron chi connectivity index (χ2n) is 5.93. The quantitative estimate of drug-likeness (QED) is 0.869. The highest BCUT2D eigenvalue weighted by Crippen LogP contribution is 2.32. The number of nitrogens with zero attached hydrogens (tertiary/aromatic N) is 1. The first-order valence-electron chi connectivity index (χ1n) is 7.85. The molecule has 22 heavy (non-hydrogen) atoms. The first-order chi connectivity index (χ1) is 10.7. The number of benzene rings is 1. The molecule has 3 rings (SSSR count). The highest BCUT2D eigenvalue weighted by Gasteiger charge is 2.27. The molecule has 0 radical (unpaired) electrons. The summed E-state index contributed by atoms with van der Waals surface area (Å²) in [6.07, 6.45) is 4.71. The van der Waals surface area contributed by atoms with Crippen molar-refractivity contribution in [3.8, 4) is 0 Å². The molecule has 1 aromatic rings. The van der Waals surface area contributed by atoms with Crippen molar-refractivity contribution < 1.29 is 14.6 Å². The van der Waals surface area contributed by atoms with E-state index in [4.69, 9.17) is 4.74 Å². The number of carbonyl (C=O) groups excluding carboxylic acids is 1. The van der Waals surface area contributed by atoms with Crippen molar-refractivity contribution in [2.45, 2.75) is 37.7 Å². The molecule has 1 aromatic carbocycles. The smallest absolute Gasteiger partial charge is 0.168 e. The van der Waals surface area contributed by atoms with Crippen LogP contribution in [0.2, 0.25) is 0 Å². The number of carbonyl (C=O) groups is 1. The summed E-state index contributed by atoms with van der Waals surface area (Å²) < 4.78 is 5.49. The molecule has 1 heterocycles. The van der Waals surface area contributed by atoms with E-state index in [0.29, 0.717) is 25.0 Å². The van der Waals surface area contributed by atoms with Gasteiger partial charge in [-0.2, -0.15) is 0 Å². The maximum atomic E-state index is 12.3. The summed E-state index contributed by atoms with van der Waals surface area (Å²) in [4.78, 5) is 16.6. The van der Waals surface area contributed by atoms with Gasteiger partial charge in [-0.15, -0.1) is 0 Å². The molecule has 0 saturated carbocycles. The first kappa shape index (κ1) is 15.0. The van der Waals surface area contributed by atoms with Gasteiger partial charge in [0.15, 0.2) is 5.78 Å². The number of rotatable bonds is 4. The van der Waals surface area contributed by atoms with Crippen LogP contribution in [0, 0.1) is 0 Å². The minimum Gasteiger partial charge on any atom is -0.511 e. The van der Waals surface area contributed by atoms with E-state index in [0.717, 1.165) is 25.0 Å². The van der Waals surface area contributed by atoms with Crippen molar-refractivity contribution >= 4 is 12.0 Å². The Morgan fingerprint density at radius 2 is 2.09 bits per heavy atom. The Morgan fingerprint density at radius 3 is 2.77 bits per heavy atom. The highest BCUT2D eigenvalue weighted by molar-refractivity contribution is 6.14. The van der Waals surface area contributed by atoms with Crippen LogP contribution >= 0.6 is 0 Å². The number of ketones is 1. The Bertz CT molecular complexity index is 586. The molecular formula is C18H21NO3. The molecular weight excluding hydrogens is 278 g/mol. The Labute approximate surface area is 130 Å². The van der Waals surface area contributed by atoms with Crippen LogP contribution in [0.3, 0.4) is 0 Å². The number of aliphatic hydroxyl groups excluding tert-OH is 1. The Hall–Kier alpha value is -1.94. The van der Waals surface area contributed by atoms with Crippen LogP contribution in [0.15, 0.2) is 46.7 Å². The molecule has 1 fully saturated rings. The molecule has 0 aromatic heterocycles. The monoisotopic (exact) mass is 299 g/mol. The van der Waals surface area contributed by atoms with Crippen LogP contribution in [0.25, 0.3) is 0 Å². The largest absolute Gasteiger partial charge is 0.511 e. The van der Waals surface area contributed by atoms with Gasteiger partial charge in [-0.3, -0.25) is 9.79 Å². The minimum atomic E-state index is -0.0336. The predicted molar refractivity (Wildman–Crippen MR) is 85.4 cm³/mol. The number of ether oxygens (including phenoxy) is 1. The molecule has 1 N–H and O–H groups in total. The molecule has 4 heteroatoms. The van der Waals surface area contributed by atoms with Crippen LogP contribution in [-0.4, -0.2) is 36.4 Å². The zero-order valence-corrected chi connectivity index (χ0v) is 12.6. The van der Waals surface area contributed by atoms with Gasteiger partial charge < -0.3 is 9.84 Å². The molecule has 0 spiro atoms. The van der Waals surface area contributed by atoms with Gasteiger partial charge in [0.05, 0.1) is 18.2 Å². The van der Waals surface area contributed by atoms with Crippen molar-refractivity contribution in [2.75, 3.05) is 13.2 Å². The van der Waals surface area contributed by atoms with E-state index >= 15 is 0 Å². The number of aliphatic imine (C=N–C) groups is 1. The van der Waals surface area contributed by atoms with Crippen molar-refractivity contribution in [1.82, 2.24) is 0 Å². The number of aliphatic hydroxyl groups is 1. The van der Waals surface area contributed by atoms with Crippen molar-refractivity contribution in [3.05, 3.63) is 47.2 Å². The van der Waals surface area contributed by atoms with E-state index in [2.05, 4.69) is 4.99 Å². The standard InChI is InChI=1S/C18H21NO3/c20-17-9-14(13-5-2-1-3-6-13)10-18(21)16(17)12-19-11-15-7-4-8-22-15/h1-3,5-6,12,14-15,20H,4,7-11H2/t14?,15-/m1/s1. The van der Waals surface area contributed by atoms with Crippen molar-refractivity contribution in [3.63, 3.8) is 0 Å². The average molecular weight is 299 g/mol. The maximum absolute atomic E-state index is 12.3. The Kier molecular flexibility index (Phi) is 4.68. The van der Waals surface area contributed by atoms with E-state index in [-0.39, 0.29) is 23.6 Å². The summed E-state index contributed by atoms with van der Waals surface area (Å²) in [6, 6.07) is 9.87. The van der Waals surface area contributed by atoms with Gasteiger partial charge in [0.1, 0.15) is 5.76 Å². The first-order valence-corrected chi connectivity index (χ1v) is 7.85.